The largest absolute Gasteiger partial charge is 0.325 e. The lowest BCUT2D eigenvalue weighted by Crippen LogP contribution is -2.40. The summed E-state index contributed by atoms with van der Waals surface area (Å²) in [4.78, 5) is 12.6. The second-order valence-electron chi connectivity index (χ2n) is 8.44. The Morgan fingerprint density at radius 2 is 1.68 bits per heavy atom. The van der Waals surface area contributed by atoms with E-state index in [1.165, 1.54) is 31.7 Å². The zero-order valence-electron chi connectivity index (χ0n) is 15.2. The molecule has 2 N–H and O–H groups in total. The maximum atomic E-state index is 12.6. The van der Waals surface area contributed by atoms with E-state index in [-0.39, 0.29) is 10.8 Å². The standard InChI is InChI=1S/C19H28N2O3S/c1-19(2,3)21-25(23,24)17-7-5-4-6-16(17)20-18(22)12-15(13-8-9-13)14-10-11-14/h4-7,13-15,21H,8-12H2,1-3H3,(H,20,22). The van der Waals surface area contributed by atoms with Crippen molar-refractivity contribution in [1.82, 2.24) is 4.72 Å². The number of amides is 1. The van der Waals surface area contributed by atoms with Crippen LogP contribution in [0.15, 0.2) is 29.2 Å². The van der Waals surface area contributed by atoms with Crippen LogP contribution < -0.4 is 10.0 Å². The third-order valence-electron chi connectivity index (χ3n) is 4.77. The molecule has 1 aromatic rings. The molecule has 0 saturated heterocycles. The van der Waals surface area contributed by atoms with Crippen LogP contribution in [0.4, 0.5) is 5.69 Å². The van der Waals surface area contributed by atoms with Gasteiger partial charge in [0.2, 0.25) is 15.9 Å². The molecule has 0 aliphatic heterocycles. The van der Waals surface area contributed by atoms with E-state index in [0.29, 0.717) is 29.9 Å². The SMILES string of the molecule is CC(C)(C)NS(=O)(=O)c1ccccc1NC(=O)CC(C1CC1)C1CC1. The topological polar surface area (TPSA) is 75.3 Å². The molecule has 0 bridgehead atoms. The molecule has 6 heteroatoms. The average Bonchev–Trinajstić information content (AvgIpc) is 3.35. The molecule has 25 heavy (non-hydrogen) atoms. The first kappa shape index (κ1) is 18.4. The fraction of sp³-hybridized carbons (Fsp3) is 0.632. The number of carbonyl (C=O) groups is 1. The molecule has 0 atom stereocenters. The van der Waals surface area contributed by atoms with E-state index in [4.69, 9.17) is 0 Å². The number of hydrogen-bond donors (Lipinski definition) is 2. The highest BCUT2D eigenvalue weighted by molar-refractivity contribution is 7.89. The van der Waals surface area contributed by atoms with Crippen LogP contribution in [0, 0.1) is 17.8 Å². The Morgan fingerprint density at radius 1 is 1.12 bits per heavy atom. The number of anilines is 1. The molecule has 0 unspecified atom stereocenters. The van der Waals surface area contributed by atoms with Gasteiger partial charge in [0.1, 0.15) is 4.90 Å². The van der Waals surface area contributed by atoms with Crippen molar-refractivity contribution in [2.24, 2.45) is 17.8 Å². The molecule has 0 radical (unpaired) electrons. The molecule has 1 amide bonds. The molecule has 0 aromatic heterocycles. The van der Waals surface area contributed by atoms with E-state index in [0.717, 1.165) is 0 Å². The summed E-state index contributed by atoms with van der Waals surface area (Å²) in [5.74, 6) is 1.78. The summed E-state index contributed by atoms with van der Waals surface area (Å²) in [6.45, 7) is 5.38. The highest BCUT2D eigenvalue weighted by Gasteiger charge is 2.42. The van der Waals surface area contributed by atoms with E-state index in [1.54, 1.807) is 39.0 Å². The van der Waals surface area contributed by atoms with E-state index >= 15 is 0 Å². The molecular formula is C19H28N2O3S. The van der Waals surface area contributed by atoms with Gasteiger partial charge in [-0.1, -0.05) is 12.1 Å². The van der Waals surface area contributed by atoms with Gasteiger partial charge in [0.25, 0.3) is 0 Å². The first-order valence-electron chi connectivity index (χ1n) is 9.08. The Balaban J connectivity index is 1.73. The van der Waals surface area contributed by atoms with Crippen LogP contribution in [0.2, 0.25) is 0 Å². The van der Waals surface area contributed by atoms with Crippen molar-refractivity contribution >= 4 is 21.6 Å². The first-order valence-corrected chi connectivity index (χ1v) is 10.6. The number of benzene rings is 1. The second-order valence-corrected chi connectivity index (χ2v) is 10.1. The molecule has 0 spiro atoms. The Morgan fingerprint density at radius 3 is 2.20 bits per heavy atom. The van der Waals surface area contributed by atoms with E-state index in [9.17, 15) is 13.2 Å². The molecule has 3 rings (SSSR count). The van der Waals surface area contributed by atoms with Gasteiger partial charge in [0.05, 0.1) is 5.69 Å². The van der Waals surface area contributed by atoms with Crippen LogP contribution in [0.1, 0.15) is 52.9 Å². The smallest absolute Gasteiger partial charge is 0.243 e. The number of rotatable bonds is 7. The molecule has 0 heterocycles. The fourth-order valence-electron chi connectivity index (χ4n) is 3.44. The molecule has 2 fully saturated rings. The highest BCUT2D eigenvalue weighted by atomic mass is 32.2. The monoisotopic (exact) mass is 364 g/mol. The molecule has 2 aliphatic rings. The average molecular weight is 365 g/mol. The first-order chi connectivity index (χ1) is 11.7. The molecular weight excluding hydrogens is 336 g/mol. The van der Waals surface area contributed by atoms with Gasteiger partial charge in [0.15, 0.2) is 0 Å². The van der Waals surface area contributed by atoms with Crippen molar-refractivity contribution in [2.45, 2.75) is 63.3 Å². The lowest BCUT2D eigenvalue weighted by atomic mass is 9.94. The van der Waals surface area contributed by atoms with Gasteiger partial charge >= 0.3 is 0 Å². The van der Waals surface area contributed by atoms with Crippen LogP contribution in [-0.2, 0) is 14.8 Å². The zero-order valence-corrected chi connectivity index (χ0v) is 16.0. The molecule has 1 aromatic carbocycles. The van der Waals surface area contributed by atoms with Gasteiger partial charge in [-0.3, -0.25) is 4.79 Å². The Bertz CT molecular complexity index is 732. The van der Waals surface area contributed by atoms with Crippen molar-refractivity contribution in [2.75, 3.05) is 5.32 Å². The van der Waals surface area contributed by atoms with Gasteiger partial charge in [-0.25, -0.2) is 13.1 Å². The van der Waals surface area contributed by atoms with Crippen molar-refractivity contribution in [3.63, 3.8) is 0 Å². The summed E-state index contributed by atoms with van der Waals surface area (Å²) in [5.41, 5.74) is -0.228. The zero-order chi connectivity index (χ0) is 18.2. The van der Waals surface area contributed by atoms with Crippen molar-refractivity contribution < 1.29 is 13.2 Å². The van der Waals surface area contributed by atoms with Crippen LogP contribution in [0.5, 0.6) is 0 Å². The third-order valence-corrected chi connectivity index (χ3v) is 6.58. The van der Waals surface area contributed by atoms with Crippen molar-refractivity contribution in [3.05, 3.63) is 24.3 Å². The van der Waals surface area contributed by atoms with E-state index in [1.807, 2.05) is 0 Å². The predicted molar refractivity (Wildman–Crippen MR) is 98.7 cm³/mol. The fourth-order valence-corrected chi connectivity index (χ4v) is 5.03. The summed E-state index contributed by atoms with van der Waals surface area (Å²) >= 11 is 0. The number of nitrogens with one attached hydrogen (secondary N) is 2. The number of sulfonamides is 1. The summed E-state index contributed by atoms with van der Waals surface area (Å²) in [5, 5.41) is 2.84. The number of hydrogen-bond acceptors (Lipinski definition) is 3. The quantitative estimate of drug-likeness (QED) is 0.777. The molecule has 2 saturated carbocycles. The predicted octanol–water partition coefficient (Wildman–Crippen LogP) is 3.53. The molecule has 5 nitrogen and oxygen atoms in total. The van der Waals surface area contributed by atoms with E-state index in [2.05, 4.69) is 10.0 Å². The minimum absolute atomic E-state index is 0.0813. The lowest BCUT2D eigenvalue weighted by Gasteiger charge is -2.22. The molecule has 138 valence electrons. The van der Waals surface area contributed by atoms with Crippen molar-refractivity contribution in [3.8, 4) is 0 Å². The van der Waals surface area contributed by atoms with Crippen LogP contribution in [0.25, 0.3) is 0 Å². The summed E-state index contributed by atoms with van der Waals surface area (Å²) in [6, 6.07) is 6.59. The highest BCUT2D eigenvalue weighted by Crippen LogP contribution is 2.50. The minimum Gasteiger partial charge on any atom is -0.325 e. The Kier molecular flexibility index (Phi) is 4.95. The minimum atomic E-state index is -3.70. The Hall–Kier alpha value is -1.40. The van der Waals surface area contributed by atoms with Crippen LogP contribution in [0.3, 0.4) is 0 Å². The summed E-state index contributed by atoms with van der Waals surface area (Å²) < 4.78 is 27.9. The molecule has 2 aliphatic carbocycles. The van der Waals surface area contributed by atoms with Crippen LogP contribution >= 0.6 is 0 Å². The third kappa shape index (κ3) is 5.05. The second kappa shape index (κ2) is 6.72. The van der Waals surface area contributed by atoms with E-state index < -0.39 is 15.6 Å². The number of carbonyl (C=O) groups excluding carboxylic acids is 1. The van der Waals surface area contributed by atoms with Gasteiger partial charge in [-0.15, -0.1) is 0 Å². The summed E-state index contributed by atoms with van der Waals surface area (Å²) in [7, 11) is -3.70. The Labute approximate surface area is 150 Å². The van der Waals surface area contributed by atoms with Gasteiger partial charge < -0.3 is 5.32 Å². The van der Waals surface area contributed by atoms with Gasteiger partial charge in [-0.05, 0) is 76.3 Å². The van der Waals surface area contributed by atoms with Crippen molar-refractivity contribution in [1.29, 1.82) is 0 Å². The van der Waals surface area contributed by atoms with Gasteiger partial charge in [-0.2, -0.15) is 0 Å². The normalized spacial score (nSPS) is 18.4. The van der Waals surface area contributed by atoms with Gasteiger partial charge in [0, 0.05) is 12.0 Å². The van der Waals surface area contributed by atoms with Crippen LogP contribution in [-0.4, -0.2) is 19.9 Å². The lowest BCUT2D eigenvalue weighted by molar-refractivity contribution is -0.117. The maximum absolute atomic E-state index is 12.6. The number of para-hydroxylation sites is 1. The maximum Gasteiger partial charge on any atom is 0.243 e. The summed E-state index contributed by atoms with van der Waals surface area (Å²) in [6.07, 6.45) is 5.42.